The second kappa shape index (κ2) is 4.53. The Morgan fingerprint density at radius 1 is 0.944 bits per heavy atom. The zero-order valence-corrected chi connectivity index (χ0v) is 9.47. The summed E-state index contributed by atoms with van der Waals surface area (Å²) < 4.78 is 40.7. The molecule has 0 spiro atoms. The monoisotopic (exact) mass is 247 g/mol. The van der Waals surface area contributed by atoms with Crippen LogP contribution in [0.5, 0.6) is 0 Å². The van der Waals surface area contributed by atoms with Gasteiger partial charge < -0.3 is 0 Å². The average molecular weight is 247 g/mol. The molecule has 2 rings (SSSR count). The van der Waals surface area contributed by atoms with Gasteiger partial charge in [-0.2, -0.15) is 5.26 Å². The first-order chi connectivity index (χ1) is 8.56. The van der Waals surface area contributed by atoms with E-state index in [-0.39, 0.29) is 22.3 Å². The molecule has 0 aliphatic carbocycles. The Balaban J connectivity index is 2.75. The molecule has 0 N–H and O–H groups in total. The Kier molecular flexibility index (Phi) is 3.07. The van der Waals surface area contributed by atoms with Crippen molar-refractivity contribution in [2.75, 3.05) is 0 Å². The Morgan fingerprint density at radius 3 is 2.33 bits per heavy atom. The fourth-order valence-electron chi connectivity index (χ4n) is 1.72. The van der Waals surface area contributed by atoms with Gasteiger partial charge in [-0.1, -0.05) is 24.3 Å². The Morgan fingerprint density at radius 2 is 1.67 bits per heavy atom. The zero-order valence-electron chi connectivity index (χ0n) is 9.47. The molecule has 0 fully saturated rings. The van der Waals surface area contributed by atoms with Gasteiger partial charge in [-0.15, -0.1) is 0 Å². The van der Waals surface area contributed by atoms with Crippen molar-refractivity contribution in [2.45, 2.75) is 6.92 Å². The third kappa shape index (κ3) is 1.84. The first-order valence-corrected chi connectivity index (χ1v) is 5.20. The number of hydrogen-bond donors (Lipinski definition) is 0. The number of aryl methyl sites for hydroxylation is 1. The van der Waals surface area contributed by atoms with Crippen LogP contribution >= 0.6 is 0 Å². The highest BCUT2D eigenvalue weighted by Crippen LogP contribution is 2.29. The lowest BCUT2D eigenvalue weighted by molar-refractivity contribution is 0.505. The van der Waals surface area contributed by atoms with Gasteiger partial charge in [-0.25, -0.2) is 13.2 Å². The first-order valence-electron chi connectivity index (χ1n) is 5.20. The second-order valence-corrected chi connectivity index (χ2v) is 3.83. The summed E-state index contributed by atoms with van der Waals surface area (Å²) in [7, 11) is 0. The van der Waals surface area contributed by atoms with Crippen molar-refractivity contribution < 1.29 is 13.2 Å². The minimum atomic E-state index is -1.07. The van der Waals surface area contributed by atoms with Crippen molar-refractivity contribution in [1.82, 2.24) is 0 Å². The Labute approximate surface area is 102 Å². The summed E-state index contributed by atoms with van der Waals surface area (Å²) in [6.07, 6.45) is 0. The molecular formula is C14H8F3N. The van der Waals surface area contributed by atoms with Gasteiger partial charge in [0.05, 0.1) is 5.56 Å². The highest BCUT2D eigenvalue weighted by Gasteiger charge is 2.17. The summed E-state index contributed by atoms with van der Waals surface area (Å²) in [4.78, 5) is 0. The number of hydrogen-bond acceptors (Lipinski definition) is 1. The van der Waals surface area contributed by atoms with E-state index in [0.717, 1.165) is 6.07 Å². The minimum absolute atomic E-state index is 0.0499. The van der Waals surface area contributed by atoms with Crippen LogP contribution in [0, 0.1) is 35.7 Å². The Hall–Kier alpha value is -2.28. The lowest BCUT2D eigenvalue weighted by Gasteiger charge is -2.08. The predicted octanol–water partition coefficient (Wildman–Crippen LogP) is 3.95. The van der Waals surface area contributed by atoms with Crippen molar-refractivity contribution in [1.29, 1.82) is 5.26 Å². The van der Waals surface area contributed by atoms with Crippen molar-refractivity contribution in [3.8, 4) is 17.2 Å². The number of rotatable bonds is 1. The average Bonchev–Trinajstić information content (AvgIpc) is 2.36. The molecule has 0 unspecified atom stereocenters. The zero-order chi connectivity index (χ0) is 13.3. The fourth-order valence-corrected chi connectivity index (χ4v) is 1.72. The molecule has 0 radical (unpaired) electrons. The topological polar surface area (TPSA) is 23.8 Å². The van der Waals surface area contributed by atoms with Crippen molar-refractivity contribution >= 4 is 0 Å². The van der Waals surface area contributed by atoms with Crippen molar-refractivity contribution in [3.63, 3.8) is 0 Å². The largest absolute Gasteiger partial charge is 0.206 e. The summed E-state index contributed by atoms with van der Waals surface area (Å²) in [6.45, 7) is 1.43. The molecule has 1 nitrogen and oxygen atoms in total. The van der Waals surface area contributed by atoms with Gasteiger partial charge in [0.2, 0.25) is 0 Å². The smallest absolute Gasteiger partial charge is 0.166 e. The van der Waals surface area contributed by atoms with E-state index in [1.807, 2.05) is 0 Å². The van der Waals surface area contributed by atoms with Gasteiger partial charge in [0, 0.05) is 11.1 Å². The Bertz CT molecular complexity index is 657. The molecule has 18 heavy (non-hydrogen) atoms. The van der Waals surface area contributed by atoms with Crippen LogP contribution in [0.2, 0.25) is 0 Å². The van der Waals surface area contributed by atoms with Crippen LogP contribution in [0.25, 0.3) is 11.1 Å². The van der Waals surface area contributed by atoms with Crippen LogP contribution in [-0.4, -0.2) is 0 Å². The molecular weight excluding hydrogens is 239 g/mol. The van der Waals surface area contributed by atoms with E-state index in [0.29, 0.717) is 0 Å². The second-order valence-electron chi connectivity index (χ2n) is 3.83. The molecule has 0 heterocycles. The standard InChI is InChI=1S/C14H8F3N/c1-8-5-6-10(14(17)13(8)16)9-3-2-4-12(15)11(9)7-18/h2-6H,1H3. The minimum Gasteiger partial charge on any atom is -0.206 e. The number of nitrogens with zero attached hydrogens (tertiary/aromatic N) is 1. The van der Waals surface area contributed by atoms with Gasteiger partial charge in [0.25, 0.3) is 0 Å². The molecule has 0 bridgehead atoms. The molecule has 90 valence electrons. The van der Waals surface area contributed by atoms with E-state index in [1.165, 1.54) is 31.2 Å². The van der Waals surface area contributed by atoms with Crippen molar-refractivity contribution in [2.24, 2.45) is 0 Å². The van der Waals surface area contributed by atoms with Crippen LogP contribution in [0.15, 0.2) is 30.3 Å². The van der Waals surface area contributed by atoms with E-state index < -0.39 is 17.5 Å². The van der Waals surface area contributed by atoms with Crippen LogP contribution in [0.3, 0.4) is 0 Å². The molecule has 2 aromatic carbocycles. The molecule has 4 heteroatoms. The van der Waals surface area contributed by atoms with Crippen LogP contribution in [0.1, 0.15) is 11.1 Å². The summed E-state index contributed by atoms with van der Waals surface area (Å²) in [5, 5.41) is 8.87. The van der Waals surface area contributed by atoms with Gasteiger partial charge in [0.1, 0.15) is 11.9 Å². The highest BCUT2D eigenvalue weighted by molar-refractivity contribution is 5.71. The van der Waals surface area contributed by atoms with E-state index in [9.17, 15) is 13.2 Å². The van der Waals surface area contributed by atoms with Gasteiger partial charge in [-0.05, 0) is 18.6 Å². The maximum atomic E-state index is 13.8. The van der Waals surface area contributed by atoms with E-state index in [4.69, 9.17) is 5.26 Å². The van der Waals surface area contributed by atoms with E-state index in [1.54, 1.807) is 6.07 Å². The van der Waals surface area contributed by atoms with Crippen LogP contribution < -0.4 is 0 Å². The summed E-state index contributed by atoms with van der Waals surface area (Å²) in [5.74, 6) is -2.81. The van der Waals surface area contributed by atoms with Gasteiger partial charge in [0.15, 0.2) is 11.6 Å². The molecule has 0 aliphatic heterocycles. The lowest BCUT2D eigenvalue weighted by atomic mass is 9.98. The lowest BCUT2D eigenvalue weighted by Crippen LogP contribution is -1.96. The van der Waals surface area contributed by atoms with Crippen LogP contribution in [-0.2, 0) is 0 Å². The molecule has 2 aromatic rings. The molecule has 0 amide bonds. The third-order valence-electron chi connectivity index (χ3n) is 2.69. The normalized spacial score (nSPS) is 10.2. The maximum Gasteiger partial charge on any atom is 0.166 e. The van der Waals surface area contributed by atoms with Gasteiger partial charge >= 0.3 is 0 Å². The third-order valence-corrected chi connectivity index (χ3v) is 2.69. The van der Waals surface area contributed by atoms with Crippen LogP contribution in [0.4, 0.5) is 13.2 Å². The molecule has 0 atom stereocenters. The van der Waals surface area contributed by atoms with E-state index >= 15 is 0 Å². The molecule has 0 saturated carbocycles. The first kappa shape index (κ1) is 12.2. The maximum absolute atomic E-state index is 13.8. The summed E-state index contributed by atoms with van der Waals surface area (Å²) in [5.41, 5.74) is -0.200. The molecule has 0 saturated heterocycles. The number of benzene rings is 2. The SMILES string of the molecule is Cc1ccc(-c2cccc(F)c2C#N)c(F)c1F. The predicted molar refractivity (Wildman–Crippen MR) is 61.2 cm³/mol. The summed E-state index contributed by atoms with van der Waals surface area (Å²) in [6, 6.07) is 8.22. The quantitative estimate of drug-likeness (QED) is 0.748. The summed E-state index contributed by atoms with van der Waals surface area (Å²) >= 11 is 0. The highest BCUT2D eigenvalue weighted by atomic mass is 19.2. The van der Waals surface area contributed by atoms with Crippen molar-refractivity contribution in [3.05, 3.63) is 58.9 Å². The fraction of sp³-hybridized carbons (Fsp3) is 0.0714. The van der Waals surface area contributed by atoms with Gasteiger partial charge in [-0.3, -0.25) is 0 Å². The number of halogens is 3. The molecule has 0 aliphatic rings. The number of nitriles is 1. The van der Waals surface area contributed by atoms with E-state index in [2.05, 4.69) is 0 Å². The molecule has 0 aromatic heterocycles.